The van der Waals surface area contributed by atoms with Crippen molar-refractivity contribution in [1.29, 1.82) is 0 Å². The highest BCUT2D eigenvalue weighted by Gasteiger charge is 2.26. The lowest BCUT2D eigenvalue weighted by Crippen LogP contribution is -2.38. The molecule has 3 rings (SSSR count). The van der Waals surface area contributed by atoms with Crippen molar-refractivity contribution in [2.24, 2.45) is 5.92 Å². The number of hydrogen-bond donors (Lipinski definition) is 1. The second kappa shape index (κ2) is 10.0. The first-order chi connectivity index (χ1) is 14.4. The van der Waals surface area contributed by atoms with Crippen molar-refractivity contribution in [2.45, 2.75) is 33.2 Å². The topological polar surface area (TPSA) is 58.6 Å². The predicted octanol–water partition coefficient (Wildman–Crippen LogP) is 4.81. The quantitative estimate of drug-likeness (QED) is 0.665. The zero-order chi connectivity index (χ0) is 21.7. The normalized spacial score (nSPS) is 15.1. The number of benzene rings is 2. The fourth-order valence-electron chi connectivity index (χ4n) is 3.62. The first-order valence-corrected chi connectivity index (χ1v) is 10.5. The highest BCUT2D eigenvalue weighted by atomic mass is 35.5. The Morgan fingerprint density at radius 2 is 1.93 bits per heavy atom. The Bertz CT molecular complexity index is 927. The van der Waals surface area contributed by atoms with Crippen LogP contribution in [-0.4, -0.2) is 36.5 Å². The molecule has 0 spiro atoms. The summed E-state index contributed by atoms with van der Waals surface area (Å²) in [5, 5.41) is 3.36. The Balaban J connectivity index is 1.53. The molecule has 0 atom stereocenters. The van der Waals surface area contributed by atoms with Gasteiger partial charge in [0.15, 0.2) is 0 Å². The molecule has 0 aliphatic carbocycles. The second-order valence-electron chi connectivity index (χ2n) is 7.53. The van der Waals surface area contributed by atoms with Gasteiger partial charge in [0.05, 0.1) is 12.2 Å². The third-order valence-electron chi connectivity index (χ3n) is 5.36. The molecule has 7 heteroatoms. The molecule has 1 amide bonds. The Hall–Kier alpha value is -2.44. The smallest absolute Gasteiger partial charge is 0.338 e. The van der Waals surface area contributed by atoms with Gasteiger partial charge >= 0.3 is 5.97 Å². The third-order valence-corrected chi connectivity index (χ3v) is 5.60. The van der Waals surface area contributed by atoms with E-state index in [-0.39, 0.29) is 23.6 Å². The number of likely N-dealkylation sites (tertiary alicyclic amines) is 1. The monoisotopic (exact) mass is 432 g/mol. The number of esters is 1. The largest absolute Gasteiger partial charge is 0.462 e. The number of carbonyl (C=O) groups is 2. The van der Waals surface area contributed by atoms with Crippen LogP contribution in [-0.2, 0) is 16.1 Å². The average Bonchev–Trinajstić information content (AvgIpc) is 2.72. The van der Waals surface area contributed by atoms with Crippen LogP contribution in [0.1, 0.15) is 41.3 Å². The minimum atomic E-state index is -0.372. The van der Waals surface area contributed by atoms with E-state index in [1.54, 1.807) is 37.3 Å². The lowest BCUT2D eigenvalue weighted by Gasteiger charge is -2.31. The summed E-state index contributed by atoms with van der Waals surface area (Å²) in [6.45, 7) is 5.88. The first-order valence-electron chi connectivity index (χ1n) is 10.1. The number of ether oxygens (including phenoxy) is 1. The molecule has 1 fully saturated rings. The molecule has 2 aromatic rings. The van der Waals surface area contributed by atoms with E-state index in [4.69, 9.17) is 16.3 Å². The second-order valence-corrected chi connectivity index (χ2v) is 7.96. The lowest BCUT2D eigenvalue weighted by atomic mass is 9.95. The van der Waals surface area contributed by atoms with Gasteiger partial charge in [0.2, 0.25) is 5.91 Å². The van der Waals surface area contributed by atoms with Crippen molar-refractivity contribution < 1.29 is 18.7 Å². The Labute approximate surface area is 181 Å². The van der Waals surface area contributed by atoms with Crippen LogP contribution in [0.4, 0.5) is 10.1 Å². The van der Waals surface area contributed by atoms with Gasteiger partial charge in [-0.2, -0.15) is 0 Å². The van der Waals surface area contributed by atoms with Crippen LogP contribution in [0.5, 0.6) is 0 Å². The summed E-state index contributed by atoms with van der Waals surface area (Å²) in [5.41, 5.74) is 2.58. The molecule has 1 aliphatic rings. The zero-order valence-electron chi connectivity index (χ0n) is 17.2. The van der Waals surface area contributed by atoms with Crippen LogP contribution < -0.4 is 5.32 Å². The first kappa shape index (κ1) is 22.2. The number of anilines is 1. The summed E-state index contributed by atoms with van der Waals surface area (Å²) in [5.74, 6) is -0.799. The molecule has 1 aliphatic heterocycles. The maximum Gasteiger partial charge on any atom is 0.338 e. The molecule has 1 heterocycles. The molecular weight excluding hydrogens is 407 g/mol. The van der Waals surface area contributed by atoms with E-state index in [0.717, 1.165) is 18.7 Å². The standard InChI is InChI=1S/C23H26ClFN2O3/c1-3-30-23(29)17-5-7-21(15(2)12-17)26-22(28)16-8-10-27(11-9-16)14-18-4-6-19(24)13-20(18)25/h4-7,12-13,16H,3,8-11,14H2,1-2H3,(H,26,28). The van der Waals surface area contributed by atoms with Crippen LogP contribution in [0.3, 0.4) is 0 Å². The fourth-order valence-corrected chi connectivity index (χ4v) is 3.78. The van der Waals surface area contributed by atoms with E-state index in [2.05, 4.69) is 10.2 Å². The van der Waals surface area contributed by atoms with E-state index < -0.39 is 0 Å². The third kappa shape index (κ3) is 5.58. The van der Waals surface area contributed by atoms with Gasteiger partial charge in [-0.05, 0) is 75.7 Å². The van der Waals surface area contributed by atoms with E-state index in [0.29, 0.717) is 47.8 Å². The van der Waals surface area contributed by atoms with Gasteiger partial charge in [-0.3, -0.25) is 9.69 Å². The van der Waals surface area contributed by atoms with Gasteiger partial charge in [-0.25, -0.2) is 9.18 Å². The summed E-state index contributed by atoms with van der Waals surface area (Å²) in [6.07, 6.45) is 1.42. The molecule has 2 aromatic carbocycles. The molecule has 0 saturated carbocycles. The summed E-state index contributed by atoms with van der Waals surface area (Å²) < 4.78 is 19.0. The molecule has 5 nitrogen and oxygen atoms in total. The number of carbonyl (C=O) groups excluding carboxylic acids is 2. The number of halogens is 2. The van der Waals surface area contributed by atoms with Crippen molar-refractivity contribution in [3.63, 3.8) is 0 Å². The number of nitrogens with zero attached hydrogens (tertiary/aromatic N) is 1. The maximum absolute atomic E-state index is 14.0. The Morgan fingerprint density at radius 3 is 2.57 bits per heavy atom. The predicted molar refractivity (Wildman–Crippen MR) is 115 cm³/mol. The summed E-state index contributed by atoms with van der Waals surface area (Å²) >= 11 is 5.81. The van der Waals surface area contributed by atoms with Gasteiger partial charge < -0.3 is 10.1 Å². The molecule has 30 heavy (non-hydrogen) atoms. The van der Waals surface area contributed by atoms with Gasteiger partial charge in [-0.1, -0.05) is 17.7 Å². The molecule has 0 radical (unpaired) electrons. The maximum atomic E-state index is 14.0. The molecule has 1 N–H and O–H groups in total. The van der Waals surface area contributed by atoms with E-state index in [1.807, 2.05) is 6.92 Å². The van der Waals surface area contributed by atoms with Crippen LogP contribution in [0.2, 0.25) is 5.02 Å². The van der Waals surface area contributed by atoms with Crippen molar-refractivity contribution in [3.8, 4) is 0 Å². The minimum absolute atomic E-state index is 0.0284. The SMILES string of the molecule is CCOC(=O)c1ccc(NC(=O)C2CCN(Cc3ccc(Cl)cc3F)CC2)c(C)c1. The lowest BCUT2D eigenvalue weighted by molar-refractivity contribution is -0.121. The highest BCUT2D eigenvalue weighted by molar-refractivity contribution is 6.30. The average molecular weight is 433 g/mol. The molecule has 0 unspecified atom stereocenters. The number of aryl methyl sites for hydroxylation is 1. The molecule has 160 valence electrons. The van der Waals surface area contributed by atoms with Crippen LogP contribution in [0.25, 0.3) is 0 Å². The van der Waals surface area contributed by atoms with Gasteiger partial charge in [0, 0.05) is 28.7 Å². The van der Waals surface area contributed by atoms with Crippen LogP contribution in [0, 0.1) is 18.7 Å². The number of amides is 1. The van der Waals surface area contributed by atoms with Gasteiger partial charge in [-0.15, -0.1) is 0 Å². The van der Waals surface area contributed by atoms with Gasteiger partial charge in [0.25, 0.3) is 0 Å². The molecule has 0 bridgehead atoms. The number of rotatable bonds is 6. The Morgan fingerprint density at radius 1 is 1.20 bits per heavy atom. The number of nitrogens with one attached hydrogen (secondary N) is 1. The Kier molecular flexibility index (Phi) is 7.45. The van der Waals surface area contributed by atoms with E-state index in [1.165, 1.54) is 6.07 Å². The van der Waals surface area contributed by atoms with Crippen LogP contribution >= 0.6 is 11.6 Å². The highest BCUT2D eigenvalue weighted by Crippen LogP contribution is 2.24. The minimum Gasteiger partial charge on any atom is -0.462 e. The molecule has 0 aromatic heterocycles. The fraction of sp³-hybridized carbons (Fsp3) is 0.391. The van der Waals surface area contributed by atoms with Gasteiger partial charge in [0.1, 0.15) is 5.82 Å². The number of hydrogen-bond acceptors (Lipinski definition) is 4. The van der Waals surface area contributed by atoms with Crippen molar-refractivity contribution in [2.75, 3.05) is 25.0 Å². The van der Waals surface area contributed by atoms with Crippen molar-refractivity contribution in [3.05, 3.63) is 63.9 Å². The summed E-state index contributed by atoms with van der Waals surface area (Å²) in [4.78, 5) is 26.7. The molecular formula is C23H26ClFN2O3. The van der Waals surface area contributed by atoms with Crippen molar-refractivity contribution >= 4 is 29.2 Å². The van der Waals surface area contributed by atoms with Crippen molar-refractivity contribution in [1.82, 2.24) is 4.90 Å². The van der Waals surface area contributed by atoms with Crippen LogP contribution in [0.15, 0.2) is 36.4 Å². The molecule has 1 saturated heterocycles. The van der Waals surface area contributed by atoms with E-state index in [9.17, 15) is 14.0 Å². The summed E-state index contributed by atoms with van der Waals surface area (Å²) in [6, 6.07) is 9.83. The van der Waals surface area contributed by atoms with E-state index >= 15 is 0 Å². The zero-order valence-corrected chi connectivity index (χ0v) is 18.0. The summed E-state index contributed by atoms with van der Waals surface area (Å²) in [7, 11) is 0. The number of piperidine rings is 1.